The average Bonchev–Trinajstić information content (AvgIpc) is 2.72. The van der Waals surface area contributed by atoms with E-state index < -0.39 is 41.4 Å². The third kappa shape index (κ3) is 21.9. The minimum atomic E-state index is -0.941. The van der Waals surface area contributed by atoms with Crippen molar-refractivity contribution in [3.63, 3.8) is 0 Å². The van der Waals surface area contributed by atoms with Gasteiger partial charge in [-0.15, -0.1) is 0 Å². The molecule has 36 heavy (non-hydrogen) atoms. The molecule has 0 rings (SSSR count). The summed E-state index contributed by atoms with van der Waals surface area (Å²) in [4.78, 5) is 46.1. The van der Waals surface area contributed by atoms with Gasteiger partial charge in [0, 0.05) is 13.0 Å². The maximum atomic E-state index is 11.8. The second-order valence-electron chi connectivity index (χ2n) is 9.69. The highest BCUT2D eigenvalue weighted by Gasteiger charge is 2.26. The lowest BCUT2D eigenvalue weighted by Crippen LogP contribution is -2.44. The number of esters is 2. The molecule has 12 nitrogen and oxygen atoms in total. The lowest BCUT2D eigenvalue weighted by atomic mass is 10.1. The summed E-state index contributed by atoms with van der Waals surface area (Å²) in [5.74, 6) is -1.04. The minimum absolute atomic E-state index is 0.00706. The highest BCUT2D eigenvalue weighted by Crippen LogP contribution is 2.09. The second kappa shape index (κ2) is 18.6. The van der Waals surface area contributed by atoms with Gasteiger partial charge in [0.15, 0.2) is 0 Å². The molecule has 0 saturated heterocycles. The minimum Gasteiger partial charge on any atom is -0.466 e. The molecule has 0 spiro atoms. The third-order valence-electron chi connectivity index (χ3n) is 3.86. The van der Waals surface area contributed by atoms with Crippen LogP contribution < -0.4 is 10.6 Å². The average molecular weight is 523 g/mol. The predicted molar refractivity (Wildman–Crippen MR) is 132 cm³/mol. The summed E-state index contributed by atoms with van der Waals surface area (Å²) in [5.41, 5.74) is -1.22. The van der Waals surface area contributed by atoms with Gasteiger partial charge >= 0.3 is 24.1 Å². The summed E-state index contributed by atoms with van der Waals surface area (Å²) in [7, 11) is 0. The Labute approximate surface area is 214 Å². The molecule has 2 atom stereocenters. The molecule has 212 valence electrons. The van der Waals surface area contributed by atoms with Gasteiger partial charge in [-0.25, -0.2) is 14.4 Å². The van der Waals surface area contributed by atoms with E-state index >= 15 is 0 Å². The van der Waals surface area contributed by atoms with Gasteiger partial charge in [0.05, 0.1) is 25.9 Å². The Morgan fingerprint density at radius 2 is 1.28 bits per heavy atom. The molecule has 0 aliphatic carbocycles. The highest BCUT2D eigenvalue weighted by atomic mass is 16.6. The van der Waals surface area contributed by atoms with Crippen LogP contribution >= 0.6 is 0 Å². The van der Waals surface area contributed by atoms with Gasteiger partial charge in [0.25, 0.3) is 0 Å². The topological polar surface area (TPSA) is 170 Å². The van der Waals surface area contributed by atoms with E-state index in [-0.39, 0.29) is 45.3 Å². The molecule has 2 amide bonds. The van der Waals surface area contributed by atoms with Gasteiger partial charge in [-0.05, 0) is 74.7 Å². The van der Waals surface area contributed by atoms with Gasteiger partial charge in [-0.2, -0.15) is 0 Å². The first-order valence-corrected chi connectivity index (χ1v) is 12.1. The molecule has 0 bridgehead atoms. The Balaban J connectivity index is 0. The van der Waals surface area contributed by atoms with Gasteiger partial charge < -0.3 is 39.8 Å². The fourth-order valence-electron chi connectivity index (χ4n) is 2.46. The quantitative estimate of drug-likeness (QED) is 0.220. The molecule has 0 aromatic carbocycles. The first-order valence-electron chi connectivity index (χ1n) is 12.1. The van der Waals surface area contributed by atoms with Crippen LogP contribution in [-0.4, -0.2) is 84.1 Å². The zero-order valence-corrected chi connectivity index (χ0v) is 23.0. The van der Waals surface area contributed by atoms with Crippen LogP contribution in [0.1, 0.15) is 81.1 Å². The summed E-state index contributed by atoms with van der Waals surface area (Å²) in [6.45, 7) is 14.2. The lowest BCUT2D eigenvalue weighted by molar-refractivity contribution is -0.147. The molecular weight excluding hydrogens is 476 g/mol. The van der Waals surface area contributed by atoms with Gasteiger partial charge in [0.1, 0.15) is 17.2 Å². The van der Waals surface area contributed by atoms with E-state index in [4.69, 9.17) is 29.2 Å². The number of aliphatic hydroxyl groups is 2. The van der Waals surface area contributed by atoms with E-state index in [0.717, 1.165) is 0 Å². The zero-order chi connectivity index (χ0) is 28.4. The van der Waals surface area contributed by atoms with Crippen LogP contribution in [0.15, 0.2) is 0 Å². The molecule has 0 aliphatic heterocycles. The number of amides is 2. The Kier molecular flexibility index (Phi) is 18.4. The standard InChI is InChI=1S/C14H25NO6.C10H21NO4/c1-6-19-11(16)9-8-10(12(17)20-7-2)15-13(18)21-14(3,4)5;1-10(2,3)15-9(14)11-8(7-13)5-4-6-12/h10H,6-9H2,1-5H3,(H,15,18);8,12-13H,4-7H2,1-3H3,(H,11,14)/t10-;8-/m00/s1. The van der Waals surface area contributed by atoms with E-state index in [9.17, 15) is 19.2 Å². The van der Waals surface area contributed by atoms with Crippen LogP contribution in [0.25, 0.3) is 0 Å². The van der Waals surface area contributed by atoms with Crippen LogP contribution in [0.2, 0.25) is 0 Å². The number of hydrogen-bond acceptors (Lipinski definition) is 10. The van der Waals surface area contributed by atoms with Gasteiger partial charge in [-0.3, -0.25) is 4.79 Å². The van der Waals surface area contributed by atoms with Crippen molar-refractivity contribution >= 4 is 24.1 Å². The van der Waals surface area contributed by atoms with Crippen LogP contribution in [0.4, 0.5) is 9.59 Å². The predicted octanol–water partition coefficient (Wildman–Crippen LogP) is 2.43. The summed E-state index contributed by atoms with van der Waals surface area (Å²) < 4.78 is 19.8. The molecule has 0 aromatic heterocycles. The highest BCUT2D eigenvalue weighted by molar-refractivity contribution is 5.82. The fraction of sp³-hybridized carbons (Fsp3) is 0.833. The molecule has 0 unspecified atom stereocenters. The van der Waals surface area contributed by atoms with E-state index in [2.05, 4.69) is 10.6 Å². The Morgan fingerprint density at radius 3 is 1.69 bits per heavy atom. The van der Waals surface area contributed by atoms with Crippen molar-refractivity contribution in [2.45, 2.75) is 104 Å². The molecule has 0 radical (unpaired) electrons. The number of aliphatic hydroxyl groups excluding tert-OH is 2. The maximum Gasteiger partial charge on any atom is 0.408 e. The first kappa shape index (κ1) is 35.6. The van der Waals surface area contributed by atoms with Crippen molar-refractivity contribution in [2.75, 3.05) is 26.4 Å². The van der Waals surface area contributed by atoms with E-state index in [1.807, 2.05) is 0 Å². The SMILES string of the molecule is CC(C)(C)OC(=O)N[C@H](CO)CCCO.CCOC(=O)CC[C@H](NC(=O)OC(C)(C)C)C(=O)OCC. The summed E-state index contributed by atoms with van der Waals surface area (Å²) in [5, 5.41) is 22.5. The van der Waals surface area contributed by atoms with E-state index in [1.165, 1.54) is 0 Å². The van der Waals surface area contributed by atoms with Crippen molar-refractivity contribution in [3.8, 4) is 0 Å². The molecule has 0 aliphatic rings. The molecule has 0 saturated carbocycles. The van der Waals surface area contributed by atoms with E-state index in [1.54, 1.807) is 55.4 Å². The maximum absolute atomic E-state index is 11.8. The number of rotatable bonds is 12. The molecule has 4 N–H and O–H groups in total. The van der Waals surface area contributed by atoms with Crippen molar-refractivity contribution in [1.82, 2.24) is 10.6 Å². The normalized spacial score (nSPS) is 12.7. The molecule has 0 fully saturated rings. The summed E-state index contributed by atoms with van der Waals surface area (Å²) in [6.07, 6.45) is -0.0963. The van der Waals surface area contributed by atoms with Crippen molar-refractivity contribution < 1.29 is 48.3 Å². The molecule has 0 aromatic rings. The number of nitrogens with one attached hydrogen (secondary N) is 2. The Morgan fingerprint density at radius 1 is 0.778 bits per heavy atom. The number of carbonyl (C=O) groups excluding carboxylic acids is 4. The molecule has 12 heteroatoms. The Hall–Kier alpha value is -2.60. The lowest BCUT2D eigenvalue weighted by Gasteiger charge is -2.22. The second-order valence-corrected chi connectivity index (χ2v) is 9.69. The van der Waals surface area contributed by atoms with Crippen LogP contribution in [-0.2, 0) is 28.5 Å². The number of alkyl carbamates (subject to hydrolysis) is 2. The summed E-state index contributed by atoms with van der Waals surface area (Å²) >= 11 is 0. The fourth-order valence-corrected chi connectivity index (χ4v) is 2.46. The number of hydrogen-bond donors (Lipinski definition) is 4. The molecular formula is C24H46N2O10. The van der Waals surface area contributed by atoms with Gasteiger partial charge in [0.2, 0.25) is 0 Å². The zero-order valence-electron chi connectivity index (χ0n) is 23.0. The number of carbonyl (C=O) groups is 4. The van der Waals surface area contributed by atoms with Crippen LogP contribution in [0.3, 0.4) is 0 Å². The number of ether oxygens (including phenoxy) is 4. The van der Waals surface area contributed by atoms with E-state index in [0.29, 0.717) is 12.8 Å². The Bertz CT molecular complexity index is 656. The third-order valence-corrected chi connectivity index (χ3v) is 3.86. The van der Waals surface area contributed by atoms with Crippen LogP contribution in [0, 0.1) is 0 Å². The monoisotopic (exact) mass is 522 g/mol. The largest absolute Gasteiger partial charge is 0.466 e. The van der Waals surface area contributed by atoms with Crippen molar-refractivity contribution in [3.05, 3.63) is 0 Å². The molecule has 0 heterocycles. The van der Waals surface area contributed by atoms with Crippen molar-refractivity contribution in [1.29, 1.82) is 0 Å². The first-order chi connectivity index (χ1) is 16.6. The summed E-state index contributed by atoms with van der Waals surface area (Å²) in [6, 6.07) is -1.30. The van der Waals surface area contributed by atoms with Gasteiger partial charge in [-0.1, -0.05) is 0 Å². The smallest absolute Gasteiger partial charge is 0.408 e. The van der Waals surface area contributed by atoms with Crippen LogP contribution in [0.5, 0.6) is 0 Å². The van der Waals surface area contributed by atoms with Crippen molar-refractivity contribution in [2.24, 2.45) is 0 Å².